The smallest absolute Gasteiger partial charge is 0.433 e. The second kappa shape index (κ2) is 11.2. The van der Waals surface area contributed by atoms with E-state index in [1.807, 2.05) is 0 Å². The van der Waals surface area contributed by atoms with Gasteiger partial charge in [-0.15, -0.1) is 0 Å². The number of halogens is 4. The summed E-state index contributed by atoms with van der Waals surface area (Å²) in [6.45, 7) is -0.708. The van der Waals surface area contributed by atoms with Crippen LogP contribution in [0.25, 0.3) is 0 Å². The van der Waals surface area contributed by atoms with Gasteiger partial charge in [0.25, 0.3) is 0 Å². The summed E-state index contributed by atoms with van der Waals surface area (Å²) >= 11 is 0. The highest BCUT2D eigenvalue weighted by Gasteiger charge is 2.68. The van der Waals surface area contributed by atoms with Crippen LogP contribution in [0.15, 0.2) is 123 Å². The normalized spacial score (nSPS) is 13.1. The van der Waals surface area contributed by atoms with Gasteiger partial charge in [-0.2, -0.15) is 26.0 Å². The van der Waals surface area contributed by atoms with Crippen molar-refractivity contribution in [3.63, 3.8) is 0 Å². The number of rotatable bonds is 11. The standard InChI is InChI=1S/C26H21F4NO6S2/c27-25(28,18-24(32)36-19-23-31-16-17-35-23)26(29,30)39(33,34)37-38(20-10-4-1-5-11-20,21-12-6-2-7-13-21)22-14-8-3-9-15-22/h1-17H,18-19H2. The lowest BCUT2D eigenvalue weighted by Crippen LogP contribution is -2.49. The molecule has 4 rings (SSSR count). The number of oxazole rings is 1. The Morgan fingerprint density at radius 1 is 0.795 bits per heavy atom. The number of alkyl halides is 4. The van der Waals surface area contributed by atoms with Crippen LogP contribution in [0.2, 0.25) is 0 Å². The van der Waals surface area contributed by atoms with Crippen molar-refractivity contribution in [3.8, 4) is 0 Å². The highest BCUT2D eigenvalue weighted by atomic mass is 32.3. The van der Waals surface area contributed by atoms with E-state index in [4.69, 9.17) is 8.05 Å². The number of ether oxygens (including phenoxy) is 1. The molecule has 0 aliphatic carbocycles. The van der Waals surface area contributed by atoms with Crippen LogP contribution < -0.4 is 0 Å². The van der Waals surface area contributed by atoms with Crippen molar-refractivity contribution in [2.45, 2.75) is 38.9 Å². The monoisotopic (exact) mass is 583 g/mol. The van der Waals surface area contributed by atoms with Crippen molar-refractivity contribution in [2.75, 3.05) is 0 Å². The minimum Gasteiger partial charge on any atom is -0.455 e. The first kappa shape index (κ1) is 28.3. The first-order valence-electron chi connectivity index (χ1n) is 11.2. The number of hydrogen-bond donors (Lipinski definition) is 0. The van der Waals surface area contributed by atoms with Gasteiger partial charge in [0.2, 0.25) is 5.89 Å². The number of hydrogen-bond acceptors (Lipinski definition) is 7. The lowest BCUT2D eigenvalue weighted by atomic mass is 10.2. The van der Waals surface area contributed by atoms with Gasteiger partial charge in [-0.05, 0) is 46.7 Å². The highest BCUT2D eigenvalue weighted by molar-refractivity contribution is 8.33. The molecule has 13 heteroatoms. The fourth-order valence-electron chi connectivity index (χ4n) is 3.52. The van der Waals surface area contributed by atoms with Gasteiger partial charge in [0.15, 0.2) is 6.61 Å². The zero-order valence-corrected chi connectivity index (χ0v) is 21.6. The minimum absolute atomic E-state index is 0.162. The van der Waals surface area contributed by atoms with Gasteiger partial charge in [-0.3, -0.25) is 4.79 Å². The van der Waals surface area contributed by atoms with E-state index in [2.05, 4.69) is 9.72 Å². The van der Waals surface area contributed by atoms with E-state index in [1.54, 1.807) is 18.2 Å². The zero-order valence-electron chi connectivity index (χ0n) is 20.0. The van der Waals surface area contributed by atoms with Crippen LogP contribution in [0.1, 0.15) is 12.3 Å². The summed E-state index contributed by atoms with van der Waals surface area (Å²) in [4.78, 5) is 16.0. The van der Waals surface area contributed by atoms with Gasteiger partial charge in [-0.25, -0.2) is 8.61 Å². The number of aromatic nitrogens is 1. The lowest BCUT2D eigenvalue weighted by molar-refractivity contribution is -0.183. The molecule has 0 radical (unpaired) electrons. The molecule has 0 aliphatic rings. The van der Waals surface area contributed by atoms with Crippen molar-refractivity contribution in [2.24, 2.45) is 0 Å². The Bertz CT molecular complexity index is 1390. The van der Waals surface area contributed by atoms with Gasteiger partial charge in [0, 0.05) is 14.7 Å². The average molecular weight is 584 g/mol. The third kappa shape index (κ3) is 5.70. The molecule has 0 aliphatic heterocycles. The predicted molar refractivity (Wildman–Crippen MR) is 133 cm³/mol. The van der Waals surface area contributed by atoms with E-state index < -0.39 is 50.6 Å². The van der Waals surface area contributed by atoms with Gasteiger partial charge in [0.1, 0.15) is 12.7 Å². The van der Waals surface area contributed by atoms with Crippen LogP contribution >= 0.6 is 10.3 Å². The number of benzene rings is 3. The van der Waals surface area contributed by atoms with Gasteiger partial charge in [-0.1, -0.05) is 54.6 Å². The summed E-state index contributed by atoms with van der Waals surface area (Å²) in [6.07, 6.45) is 0.0703. The lowest BCUT2D eigenvalue weighted by Gasteiger charge is -2.40. The van der Waals surface area contributed by atoms with Gasteiger partial charge >= 0.3 is 27.3 Å². The number of esters is 1. The number of carbonyl (C=O) groups excluding carboxylic acids is 1. The second-order valence-corrected chi connectivity index (χ2v) is 12.5. The molecule has 0 spiro atoms. The van der Waals surface area contributed by atoms with Gasteiger partial charge < -0.3 is 9.15 Å². The summed E-state index contributed by atoms with van der Waals surface area (Å²) < 4.78 is 101. The fraction of sp³-hybridized carbons (Fsp3) is 0.154. The van der Waals surface area contributed by atoms with Crippen molar-refractivity contribution < 1.29 is 43.6 Å². The summed E-state index contributed by atoms with van der Waals surface area (Å²) in [7, 11) is -9.95. The van der Waals surface area contributed by atoms with Crippen LogP contribution in [0.5, 0.6) is 0 Å². The van der Waals surface area contributed by atoms with E-state index in [1.165, 1.54) is 79.0 Å². The molecule has 1 heterocycles. The van der Waals surface area contributed by atoms with E-state index in [0.717, 1.165) is 6.26 Å². The summed E-state index contributed by atoms with van der Waals surface area (Å²) in [5.41, 5.74) is 0. The van der Waals surface area contributed by atoms with Crippen molar-refractivity contribution >= 4 is 26.4 Å². The second-order valence-electron chi connectivity index (χ2n) is 8.00. The number of carbonyl (C=O) groups is 1. The molecule has 0 N–H and O–H groups in total. The molecule has 0 saturated heterocycles. The molecule has 4 aromatic rings. The molecule has 206 valence electrons. The summed E-state index contributed by atoms with van der Waals surface area (Å²) in [6, 6.07) is 22.8. The van der Waals surface area contributed by atoms with Crippen LogP contribution in [-0.2, 0) is 29.9 Å². The Balaban J connectivity index is 1.75. The summed E-state index contributed by atoms with van der Waals surface area (Å²) in [5, 5.41) is -5.82. The number of nitrogens with zero attached hydrogens (tertiary/aromatic N) is 1. The molecular formula is C26H21F4NO6S2. The van der Waals surface area contributed by atoms with Gasteiger partial charge in [0.05, 0.1) is 6.20 Å². The first-order valence-corrected chi connectivity index (χ1v) is 14.2. The van der Waals surface area contributed by atoms with E-state index >= 15 is 8.78 Å². The maximum Gasteiger partial charge on any atom is 0.433 e. The molecule has 0 bridgehead atoms. The molecule has 0 atom stereocenters. The molecule has 39 heavy (non-hydrogen) atoms. The molecule has 1 aromatic heterocycles. The Labute approximate surface area is 223 Å². The molecular weight excluding hydrogens is 562 g/mol. The summed E-state index contributed by atoms with van der Waals surface area (Å²) in [5.74, 6) is -7.36. The van der Waals surface area contributed by atoms with Crippen LogP contribution in [-0.4, -0.2) is 30.5 Å². The maximum absolute atomic E-state index is 15.2. The van der Waals surface area contributed by atoms with Crippen LogP contribution in [0.3, 0.4) is 0 Å². The van der Waals surface area contributed by atoms with Crippen LogP contribution in [0.4, 0.5) is 17.6 Å². The Morgan fingerprint density at radius 2 is 1.26 bits per heavy atom. The van der Waals surface area contributed by atoms with Crippen molar-refractivity contribution in [1.82, 2.24) is 4.98 Å². The van der Waals surface area contributed by atoms with E-state index in [0.29, 0.717) is 0 Å². The van der Waals surface area contributed by atoms with Crippen LogP contribution in [0, 0.1) is 0 Å². The van der Waals surface area contributed by atoms with Crippen molar-refractivity contribution in [3.05, 3.63) is 109 Å². The largest absolute Gasteiger partial charge is 0.455 e. The Kier molecular flexibility index (Phi) is 8.14. The molecule has 3 aromatic carbocycles. The SMILES string of the molecule is O=C(CC(F)(F)C(F)(F)S(=O)(=O)OS(c1ccccc1)(c1ccccc1)c1ccccc1)OCc1ncco1. The molecule has 0 unspecified atom stereocenters. The quantitative estimate of drug-likeness (QED) is 0.145. The average Bonchev–Trinajstić information content (AvgIpc) is 3.45. The maximum atomic E-state index is 15.2. The third-order valence-electron chi connectivity index (χ3n) is 5.36. The molecule has 7 nitrogen and oxygen atoms in total. The Hall–Kier alpha value is -3.68. The molecule has 0 amide bonds. The highest BCUT2D eigenvalue weighted by Crippen LogP contribution is 2.70. The minimum atomic E-state index is -6.41. The van der Waals surface area contributed by atoms with Crippen molar-refractivity contribution in [1.29, 1.82) is 0 Å². The predicted octanol–water partition coefficient (Wildman–Crippen LogP) is 6.58. The Morgan fingerprint density at radius 3 is 1.67 bits per heavy atom. The topological polar surface area (TPSA) is 95.7 Å². The zero-order chi connectivity index (χ0) is 28.2. The van der Waals surface area contributed by atoms with E-state index in [9.17, 15) is 22.0 Å². The van der Waals surface area contributed by atoms with E-state index in [-0.39, 0.29) is 20.6 Å². The third-order valence-corrected chi connectivity index (χ3v) is 10.6. The fourth-order valence-corrected chi connectivity index (χ4v) is 8.76. The first-order chi connectivity index (χ1) is 18.5. The molecule has 0 saturated carbocycles. The molecule has 0 fully saturated rings.